The Morgan fingerprint density at radius 3 is 2.25 bits per heavy atom. The minimum Gasteiger partial charge on any atom is -0.372 e. The van der Waals surface area contributed by atoms with Crippen LogP contribution in [0.3, 0.4) is 0 Å². The van der Waals surface area contributed by atoms with Crippen LogP contribution in [0.1, 0.15) is 47.5 Å². The van der Waals surface area contributed by atoms with Gasteiger partial charge in [-0.3, -0.25) is 4.90 Å². The third-order valence-corrected chi connectivity index (χ3v) is 4.42. The van der Waals surface area contributed by atoms with E-state index >= 15 is 0 Å². The summed E-state index contributed by atoms with van der Waals surface area (Å²) in [7, 11) is 0. The molecule has 2 rings (SSSR count). The van der Waals surface area contributed by atoms with E-state index in [1.807, 2.05) is 0 Å². The highest BCUT2D eigenvalue weighted by Crippen LogP contribution is 2.31. The van der Waals surface area contributed by atoms with Gasteiger partial charge in [0.2, 0.25) is 0 Å². The van der Waals surface area contributed by atoms with Crippen LogP contribution in [0.15, 0.2) is 0 Å². The molecule has 0 saturated carbocycles. The minimum absolute atomic E-state index is 0.154. The first-order valence-corrected chi connectivity index (χ1v) is 8.37. The number of rotatable bonds is 3. The van der Waals surface area contributed by atoms with Gasteiger partial charge in [-0.2, -0.15) is 0 Å². The molecule has 0 aromatic heterocycles. The first-order chi connectivity index (χ1) is 9.28. The summed E-state index contributed by atoms with van der Waals surface area (Å²) in [4.78, 5) is 5.24. The van der Waals surface area contributed by atoms with Gasteiger partial charge in [-0.1, -0.05) is 34.6 Å². The first kappa shape index (κ1) is 16.3. The second kappa shape index (κ2) is 6.33. The molecule has 0 aliphatic carbocycles. The van der Waals surface area contributed by atoms with Gasteiger partial charge in [0.15, 0.2) is 0 Å². The first-order valence-electron chi connectivity index (χ1n) is 8.37. The molecule has 2 fully saturated rings. The fourth-order valence-electron chi connectivity index (χ4n) is 3.69. The molecule has 0 aromatic carbocycles. The Balaban J connectivity index is 1.85. The van der Waals surface area contributed by atoms with Crippen molar-refractivity contribution in [2.75, 3.05) is 45.9 Å². The zero-order chi connectivity index (χ0) is 14.8. The van der Waals surface area contributed by atoms with E-state index in [-0.39, 0.29) is 5.60 Å². The smallest absolute Gasteiger partial charge is 0.0833 e. The SMILES string of the molecule is CC(C)CN1CCOC2(CCN(CC(C)(C)C)CC2)C1. The molecule has 2 saturated heterocycles. The fraction of sp³-hybridized carbons (Fsp3) is 1.00. The number of piperidine rings is 1. The standard InChI is InChI=1S/C17H34N2O/c1-15(2)12-19-10-11-20-17(14-19)6-8-18(9-7-17)13-16(3,4)5/h15H,6-14H2,1-5H3. The molecular weight excluding hydrogens is 248 g/mol. The number of likely N-dealkylation sites (tertiary alicyclic amines) is 1. The Morgan fingerprint density at radius 2 is 1.70 bits per heavy atom. The monoisotopic (exact) mass is 282 g/mol. The molecule has 0 amide bonds. The number of nitrogens with zero attached hydrogens (tertiary/aromatic N) is 2. The maximum absolute atomic E-state index is 6.23. The third kappa shape index (κ3) is 4.71. The maximum atomic E-state index is 6.23. The highest BCUT2D eigenvalue weighted by atomic mass is 16.5. The van der Waals surface area contributed by atoms with Crippen molar-refractivity contribution in [3.63, 3.8) is 0 Å². The molecule has 2 heterocycles. The van der Waals surface area contributed by atoms with Crippen molar-refractivity contribution in [2.24, 2.45) is 11.3 Å². The summed E-state index contributed by atoms with van der Waals surface area (Å²) in [5.41, 5.74) is 0.559. The van der Waals surface area contributed by atoms with Gasteiger partial charge in [-0.25, -0.2) is 0 Å². The summed E-state index contributed by atoms with van der Waals surface area (Å²) < 4.78 is 6.23. The van der Waals surface area contributed by atoms with Crippen molar-refractivity contribution in [3.05, 3.63) is 0 Å². The Labute approximate surface area is 125 Å². The molecule has 20 heavy (non-hydrogen) atoms. The summed E-state index contributed by atoms with van der Waals surface area (Å²) in [5.74, 6) is 0.756. The van der Waals surface area contributed by atoms with Crippen LogP contribution in [0.25, 0.3) is 0 Å². The zero-order valence-electron chi connectivity index (χ0n) is 14.2. The molecule has 3 heteroatoms. The highest BCUT2D eigenvalue weighted by molar-refractivity contribution is 4.93. The summed E-state index contributed by atoms with van der Waals surface area (Å²) in [5, 5.41) is 0. The van der Waals surface area contributed by atoms with Crippen LogP contribution in [0.2, 0.25) is 0 Å². The van der Waals surface area contributed by atoms with E-state index < -0.39 is 0 Å². The summed E-state index contributed by atoms with van der Waals surface area (Å²) in [6.45, 7) is 19.6. The molecule has 0 aromatic rings. The van der Waals surface area contributed by atoms with Crippen LogP contribution in [0, 0.1) is 11.3 Å². The molecule has 2 aliphatic heterocycles. The van der Waals surface area contributed by atoms with Crippen molar-refractivity contribution in [1.82, 2.24) is 9.80 Å². The molecule has 0 atom stereocenters. The van der Waals surface area contributed by atoms with Crippen molar-refractivity contribution < 1.29 is 4.74 Å². The molecule has 118 valence electrons. The quantitative estimate of drug-likeness (QED) is 0.791. The van der Waals surface area contributed by atoms with Gasteiger partial charge in [0.25, 0.3) is 0 Å². The van der Waals surface area contributed by atoms with Crippen LogP contribution >= 0.6 is 0 Å². The van der Waals surface area contributed by atoms with Gasteiger partial charge in [0.1, 0.15) is 0 Å². The van der Waals surface area contributed by atoms with Gasteiger partial charge >= 0.3 is 0 Å². The lowest BCUT2D eigenvalue weighted by atomic mass is 9.87. The van der Waals surface area contributed by atoms with Gasteiger partial charge < -0.3 is 9.64 Å². The number of hydrogen-bond donors (Lipinski definition) is 0. The lowest BCUT2D eigenvalue weighted by Gasteiger charge is -2.48. The normalized spacial score (nSPS) is 25.5. The van der Waals surface area contributed by atoms with Crippen LogP contribution in [-0.2, 0) is 4.74 Å². The number of morpholine rings is 1. The molecule has 1 spiro atoms. The molecular formula is C17H34N2O. The van der Waals surface area contributed by atoms with Crippen LogP contribution in [0.5, 0.6) is 0 Å². The largest absolute Gasteiger partial charge is 0.372 e. The molecule has 3 nitrogen and oxygen atoms in total. The Hall–Kier alpha value is -0.120. The molecule has 0 bridgehead atoms. The van der Waals surface area contributed by atoms with Gasteiger partial charge in [0.05, 0.1) is 12.2 Å². The summed E-state index contributed by atoms with van der Waals surface area (Å²) in [6, 6.07) is 0. The van der Waals surface area contributed by atoms with Gasteiger partial charge in [0, 0.05) is 39.3 Å². The third-order valence-electron chi connectivity index (χ3n) is 4.42. The average molecular weight is 282 g/mol. The zero-order valence-corrected chi connectivity index (χ0v) is 14.2. The van der Waals surface area contributed by atoms with Crippen molar-refractivity contribution >= 4 is 0 Å². The van der Waals surface area contributed by atoms with E-state index in [0.29, 0.717) is 5.41 Å². The Morgan fingerprint density at radius 1 is 1.05 bits per heavy atom. The topological polar surface area (TPSA) is 15.7 Å². The lowest BCUT2D eigenvalue weighted by Crippen LogP contribution is -2.57. The molecule has 2 aliphatic rings. The van der Waals surface area contributed by atoms with Crippen molar-refractivity contribution in [3.8, 4) is 0 Å². The minimum atomic E-state index is 0.154. The van der Waals surface area contributed by atoms with Gasteiger partial charge in [-0.05, 0) is 24.2 Å². The Bertz CT molecular complexity index is 301. The van der Waals surface area contributed by atoms with E-state index in [0.717, 1.165) is 25.6 Å². The van der Waals surface area contributed by atoms with Crippen molar-refractivity contribution in [1.29, 1.82) is 0 Å². The maximum Gasteiger partial charge on any atom is 0.0833 e. The van der Waals surface area contributed by atoms with Crippen LogP contribution in [0.4, 0.5) is 0 Å². The molecule has 0 unspecified atom stereocenters. The van der Waals surface area contributed by atoms with E-state index in [9.17, 15) is 0 Å². The average Bonchev–Trinajstić information content (AvgIpc) is 2.30. The van der Waals surface area contributed by atoms with E-state index in [1.165, 1.54) is 39.0 Å². The predicted octanol–water partition coefficient (Wildman–Crippen LogP) is 2.86. The Kier molecular flexibility index (Phi) is 5.14. The number of ether oxygens (including phenoxy) is 1. The van der Waals surface area contributed by atoms with Gasteiger partial charge in [-0.15, -0.1) is 0 Å². The summed E-state index contributed by atoms with van der Waals surface area (Å²) in [6.07, 6.45) is 2.41. The number of hydrogen-bond acceptors (Lipinski definition) is 3. The predicted molar refractivity (Wildman–Crippen MR) is 85.1 cm³/mol. The fourth-order valence-corrected chi connectivity index (χ4v) is 3.69. The highest BCUT2D eigenvalue weighted by Gasteiger charge is 2.40. The second-order valence-corrected chi connectivity index (χ2v) is 8.50. The second-order valence-electron chi connectivity index (χ2n) is 8.50. The lowest BCUT2D eigenvalue weighted by molar-refractivity contribution is -0.138. The molecule has 0 N–H and O–H groups in total. The van der Waals surface area contributed by atoms with E-state index in [4.69, 9.17) is 4.74 Å². The summed E-state index contributed by atoms with van der Waals surface area (Å²) >= 11 is 0. The van der Waals surface area contributed by atoms with E-state index in [2.05, 4.69) is 44.4 Å². The van der Waals surface area contributed by atoms with Crippen LogP contribution < -0.4 is 0 Å². The molecule has 0 radical (unpaired) electrons. The van der Waals surface area contributed by atoms with Crippen molar-refractivity contribution in [2.45, 2.75) is 53.1 Å². The van der Waals surface area contributed by atoms with Crippen LogP contribution in [-0.4, -0.2) is 61.3 Å². The van der Waals surface area contributed by atoms with E-state index in [1.54, 1.807) is 0 Å².